The molecular weight excluding hydrogens is 376 g/mol. The van der Waals surface area contributed by atoms with Gasteiger partial charge < -0.3 is 4.74 Å². The highest BCUT2D eigenvalue weighted by molar-refractivity contribution is 5.89. The maximum absolute atomic E-state index is 13.4. The second kappa shape index (κ2) is 8.33. The third-order valence-corrected chi connectivity index (χ3v) is 4.72. The van der Waals surface area contributed by atoms with Crippen LogP contribution < -0.4 is 5.56 Å². The van der Waals surface area contributed by atoms with E-state index in [2.05, 4.69) is 0 Å². The van der Waals surface area contributed by atoms with Gasteiger partial charge in [-0.05, 0) is 42.3 Å². The Balaban J connectivity index is 1.83. The molecule has 150 valence electrons. The molecule has 30 heavy (non-hydrogen) atoms. The van der Waals surface area contributed by atoms with Gasteiger partial charge >= 0.3 is 5.97 Å². The van der Waals surface area contributed by atoms with Crippen LogP contribution >= 0.6 is 0 Å². The molecule has 5 nitrogen and oxygen atoms in total. The predicted molar refractivity (Wildman–Crippen MR) is 118 cm³/mol. The van der Waals surface area contributed by atoms with E-state index in [1.165, 1.54) is 0 Å². The molecule has 3 aromatic carbocycles. The fourth-order valence-corrected chi connectivity index (χ4v) is 3.23. The average Bonchev–Trinajstić information content (AvgIpc) is 2.78. The van der Waals surface area contributed by atoms with E-state index in [9.17, 15) is 9.59 Å². The van der Waals surface area contributed by atoms with Crippen molar-refractivity contribution in [3.8, 4) is 17.1 Å². The van der Waals surface area contributed by atoms with Gasteiger partial charge in [0.05, 0.1) is 28.8 Å². The lowest BCUT2D eigenvalue weighted by molar-refractivity contribution is 0.0459. The van der Waals surface area contributed by atoms with E-state index >= 15 is 0 Å². The quantitative estimate of drug-likeness (QED) is 0.450. The Kier molecular flexibility index (Phi) is 5.44. The monoisotopic (exact) mass is 398 g/mol. The van der Waals surface area contributed by atoms with E-state index in [-0.39, 0.29) is 17.4 Å². The summed E-state index contributed by atoms with van der Waals surface area (Å²) in [6, 6.07) is 23.7. The van der Waals surface area contributed by atoms with Crippen LogP contribution in [0.1, 0.15) is 24.2 Å². The number of benzene rings is 3. The molecule has 1 heterocycles. The number of carbonyl (C=O) groups is 1. The molecule has 0 atom stereocenters. The SMILES string of the molecule is CC(C)COC(=O)c1ccc(-n2c(-c3ccccc3)nc3ccccc3c2=O)cc1. The summed E-state index contributed by atoms with van der Waals surface area (Å²) in [5.41, 5.74) is 2.40. The standard InChI is InChI=1S/C25H22N2O3/c1-17(2)16-30-25(29)19-12-14-20(15-13-19)27-23(18-8-4-3-5-9-18)26-22-11-7-6-10-21(22)24(27)28/h3-15,17H,16H2,1-2H3. The van der Waals surface area contributed by atoms with Crippen molar-refractivity contribution in [1.82, 2.24) is 9.55 Å². The van der Waals surface area contributed by atoms with Gasteiger partial charge in [-0.15, -0.1) is 0 Å². The van der Waals surface area contributed by atoms with E-state index in [1.54, 1.807) is 34.9 Å². The fourth-order valence-electron chi connectivity index (χ4n) is 3.23. The van der Waals surface area contributed by atoms with Gasteiger partial charge in [0.1, 0.15) is 5.82 Å². The Labute approximate surface area is 174 Å². The van der Waals surface area contributed by atoms with Crippen molar-refractivity contribution < 1.29 is 9.53 Å². The normalized spacial score (nSPS) is 11.0. The summed E-state index contributed by atoms with van der Waals surface area (Å²) in [6.45, 7) is 4.34. The van der Waals surface area contributed by atoms with Crippen molar-refractivity contribution in [2.45, 2.75) is 13.8 Å². The molecule has 0 radical (unpaired) electrons. The minimum Gasteiger partial charge on any atom is -0.462 e. The Morgan fingerprint density at radius 2 is 1.60 bits per heavy atom. The average molecular weight is 398 g/mol. The number of esters is 1. The van der Waals surface area contributed by atoms with Gasteiger partial charge in [-0.2, -0.15) is 0 Å². The van der Waals surface area contributed by atoms with Gasteiger partial charge in [0, 0.05) is 5.56 Å². The smallest absolute Gasteiger partial charge is 0.338 e. The first-order valence-corrected chi connectivity index (χ1v) is 9.89. The van der Waals surface area contributed by atoms with Crippen molar-refractivity contribution in [3.05, 3.63) is 94.8 Å². The highest BCUT2D eigenvalue weighted by Gasteiger charge is 2.15. The van der Waals surface area contributed by atoms with Gasteiger partial charge in [-0.1, -0.05) is 56.3 Å². The van der Waals surface area contributed by atoms with Crippen LogP contribution in [0.4, 0.5) is 0 Å². The van der Waals surface area contributed by atoms with Crippen molar-refractivity contribution in [2.75, 3.05) is 6.61 Å². The van der Waals surface area contributed by atoms with Crippen LogP contribution in [0, 0.1) is 5.92 Å². The molecule has 0 saturated carbocycles. The van der Waals surface area contributed by atoms with Gasteiger partial charge in [-0.25, -0.2) is 9.78 Å². The van der Waals surface area contributed by atoms with Crippen LogP contribution in [0.2, 0.25) is 0 Å². The Hall–Kier alpha value is -3.73. The first kappa shape index (κ1) is 19.6. The van der Waals surface area contributed by atoms with E-state index < -0.39 is 0 Å². The van der Waals surface area contributed by atoms with E-state index in [0.29, 0.717) is 34.6 Å². The van der Waals surface area contributed by atoms with Gasteiger partial charge in [-0.3, -0.25) is 9.36 Å². The molecule has 0 amide bonds. The molecule has 0 bridgehead atoms. The fraction of sp³-hybridized carbons (Fsp3) is 0.160. The van der Waals surface area contributed by atoms with Gasteiger partial charge in [0.25, 0.3) is 5.56 Å². The zero-order valence-corrected chi connectivity index (χ0v) is 16.9. The zero-order chi connectivity index (χ0) is 21.1. The minimum absolute atomic E-state index is 0.158. The molecule has 0 aliphatic rings. The van der Waals surface area contributed by atoms with Crippen LogP contribution in [-0.2, 0) is 4.74 Å². The number of ether oxygens (including phenoxy) is 1. The molecule has 4 aromatic rings. The van der Waals surface area contributed by atoms with Crippen LogP contribution in [0.5, 0.6) is 0 Å². The van der Waals surface area contributed by atoms with Crippen LogP contribution in [0.3, 0.4) is 0 Å². The summed E-state index contributed by atoms with van der Waals surface area (Å²) in [5.74, 6) is 0.445. The molecule has 5 heteroatoms. The highest BCUT2D eigenvalue weighted by atomic mass is 16.5. The van der Waals surface area contributed by atoms with Crippen molar-refractivity contribution in [3.63, 3.8) is 0 Å². The van der Waals surface area contributed by atoms with Crippen LogP contribution in [-0.4, -0.2) is 22.1 Å². The number of fused-ring (bicyclic) bond motifs is 1. The molecule has 0 aliphatic heterocycles. The van der Waals surface area contributed by atoms with Crippen LogP contribution in [0.15, 0.2) is 83.7 Å². The molecule has 0 N–H and O–H groups in total. The predicted octanol–water partition coefficient (Wildman–Crippen LogP) is 4.87. The Morgan fingerprint density at radius 1 is 0.933 bits per heavy atom. The molecule has 0 aliphatic carbocycles. The molecule has 0 unspecified atom stereocenters. The topological polar surface area (TPSA) is 61.2 Å². The van der Waals surface area contributed by atoms with Gasteiger partial charge in [0.15, 0.2) is 0 Å². The van der Waals surface area contributed by atoms with Gasteiger partial charge in [0.2, 0.25) is 0 Å². The van der Waals surface area contributed by atoms with E-state index in [4.69, 9.17) is 9.72 Å². The molecule has 4 rings (SSSR count). The molecule has 0 spiro atoms. The first-order chi connectivity index (χ1) is 14.5. The lowest BCUT2D eigenvalue weighted by Gasteiger charge is -2.14. The van der Waals surface area contributed by atoms with Crippen molar-refractivity contribution in [2.24, 2.45) is 5.92 Å². The number of hydrogen-bond acceptors (Lipinski definition) is 4. The number of carbonyl (C=O) groups excluding carboxylic acids is 1. The number of aromatic nitrogens is 2. The number of para-hydroxylation sites is 1. The highest BCUT2D eigenvalue weighted by Crippen LogP contribution is 2.22. The lowest BCUT2D eigenvalue weighted by atomic mass is 10.1. The summed E-state index contributed by atoms with van der Waals surface area (Å²) in [6.07, 6.45) is 0. The third-order valence-electron chi connectivity index (χ3n) is 4.72. The maximum Gasteiger partial charge on any atom is 0.338 e. The van der Waals surface area contributed by atoms with E-state index in [0.717, 1.165) is 5.56 Å². The lowest BCUT2D eigenvalue weighted by Crippen LogP contribution is -2.22. The number of hydrogen-bond donors (Lipinski definition) is 0. The van der Waals surface area contributed by atoms with Crippen molar-refractivity contribution in [1.29, 1.82) is 0 Å². The summed E-state index contributed by atoms with van der Waals surface area (Å²) < 4.78 is 6.87. The number of rotatable bonds is 5. The zero-order valence-electron chi connectivity index (χ0n) is 16.9. The molecule has 0 saturated heterocycles. The third kappa shape index (κ3) is 3.87. The second-order valence-corrected chi connectivity index (χ2v) is 7.50. The largest absolute Gasteiger partial charge is 0.462 e. The Morgan fingerprint density at radius 3 is 2.30 bits per heavy atom. The first-order valence-electron chi connectivity index (χ1n) is 9.89. The summed E-state index contributed by atoms with van der Waals surface area (Å²) in [5, 5.41) is 0.539. The molecular formula is C25H22N2O3. The second-order valence-electron chi connectivity index (χ2n) is 7.50. The maximum atomic E-state index is 13.4. The van der Waals surface area contributed by atoms with Crippen molar-refractivity contribution >= 4 is 16.9 Å². The number of nitrogens with zero attached hydrogens (tertiary/aromatic N) is 2. The summed E-state index contributed by atoms with van der Waals surface area (Å²) >= 11 is 0. The summed E-state index contributed by atoms with van der Waals surface area (Å²) in [4.78, 5) is 30.3. The summed E-state index contributed by atoms with van der Waals surface area (Å²) in [7, 11) is 0. The Bertz CT molecular complexity index is 1240. The van der Waals surface area contributed by atoms with E-state index in [1.807, 2.05) is 62.4 Å². The van der Waals surface area contributed by atoms with Crippen LogP contribution in [0.25, 0.3) is 28.0 Å². The minimum atomic E-state index is -0.373. The molecule has 1 aromatic heterocycles. The molecule has 0 fully saturated rings.